The van der Waals surface area contributed by atoms with Crippen molar-refractivity contribution in [1.82, 2.24) is 0 Å². The van der Waals surface area contributed by atoms with Gasteiger partial charge in [-0.2, -0.15) is 0 Å². The summed E-state index contributed by atoms with van der Waals surface area (Å²) in [6, 6.07) is 10.00. The van der Waals surface area contributed by atoms with Crippen molar-refractivity contribution in [2.45, 2.75) is 157 Å². The van der Waals surface area contributed by atoms with Gasteiger partial charge >= 0.3 is 247 Å². The number of hydrogen-bond acceptors (Lipinski definition) is 0. The first-order chi connectivity index (χ1) is 17.1. The Bertz CT molecular complexity index is 1090. The summed E-state index contributed by atoms with van der Waals surface area (Å²) in [5.74, 6) is 2.53. The van der Waals surface area contributed by atoms with Crippen LogP contribution in [0.1, 0.15) is 164 Å². The summed E-state index contributed by atoms with van der Waals surface area (Å²) in [4.78, 5) is 0. The monoisotopic (exact) mass is 565 g/mol. The summed E-state index contributed by atoms with van der Waals surface area (Å²) in [6.45, 7) is 42.5. The third kappa shape index (κ3) is 8.52. The molecule has 0 aromatic heterocycles. The molecule has 0 fully saturated rings. The Labute approximate surface area is 246 Å². The molecule has 0 aliphatic carbocycles. The van der Waals surface area contributed by atoms with E-state index in [0.717, 1.165) is 0 Å². The van der Waals surface area contributed by atoms with Gasteiger partial charge in [0.15, 0.2) is 0 Å². The molecule has 0 unspecified atom stereocenters. The van der Waals surface area contributed by atoms with Gasteiger partial charge in [0.2, 0.25) is 0 Å². The van der Waals surface area contributed by atoms with Gasteiger partial charge in [-0.3, -0.25) is 0 Å². The summed E-state index contributed by atoms with van der Waals surface area (Å²) >= 11 is 0. The average molecular weight is 566 g/mol. The Morgan fingerprint density at radius 2 is 0.718 bits per heavy atom. The zero-order chi connectivity index (χ0) is 30.6. The van der Waals surface area contributed by atoms with E-state index < -0.39 is 0 Å². The predicted molar refractivity (Wildman–Crippen MR) is 184 cm³/mol. The van der Waals surface area contributed by atoms with Crippen molar-refractivity contribution >= 4 is 26.5 Å². The first kappa shape index (κ1) is 34.2. The van der Waals surface area contributed by atoms with Gasteiger partial charge in [0, 0.05) is 0 Å². The van der Waals surface area contributed by atoms with Crippen LogP contribution in [0.3, 0.4) is 0 Å². The van der Waals surface area contributed by atoms with E-state index in [4.69, 9.17) is 0 Å². The molecule has 0 N–H and O–H groups in total. The zero-order valence-corrected chi connectivity index (χ0v) is 30.6. The standard InChI is InChI=1S/C37H59P2/c1-32(2,3)24-19-27(34(7,8)9)26(28(20-24)35(10,11)12)23-38-39-31-29(36(13,14)15)21-25(33(4,5)6)22-30(31)37(16,17)18/h19-23H,1-18H3/q+1. The fraction of sp³-hybridized carbons (Fsp3) is 0.649. The molecule has 2 heteroatoms. The maximum atomic E-state index is 2.53. The molecule has 2 rings (SSSR count). The Kier molecular flexibility index (Phi) is 9.69. The molecule has 0 heterocycles. The SMILES string of the molecule is CC(C)(C)c1cc(C(C)(C)C)c(C=[P+]=Pc2c(C(C)(C)C)cc(C(C)(C)C)cc2C(C)(C)C)c(C(C)(C)C)c1. The summed E-state index contributed by atoms with van der Waals surface area (Å²) < 4.78 is 0. The third-order valence-corrected chi connectivity index (χ3v) is 10.1. The first-order valence-electron chi connectivity index (χ1n) is 14.8. The van der Waals surface area contributed by atoms with Crippen LogP contribution in [0.25, 0.3) is 0 Å². The van der Waals surface area contributed by atoms with Gasteiger partial charge in [-0.25, -0.2) is 0 Å². The quantitative estimate of drug-likeness (QED) is 0.318. The van der Waals surface area contributed by atoms with Crippen LogP contribution >= 0.6 is 15.4 Å². The van der Waals surface area contributed by atoms with Gasteiger partial charge in [-0.15, -0.1) is 0 Å². The second-order valence-corrected chi connectivity index (χ2v) is 20.2. The van der Waals surface area contributed by atoms with Crippen molar-refractivity contribution in [2.24, 2.45) is 0 Å². The van der Waals surface area contributed by atoms with Crippen LogP contribution in [0.4, 0.5) is 0 Å². The van der Waals surface area contributed by atoms with Gasteiger partial charge in [0.25, 0.3) is 0 Å². The van der Waals surface area contributed by atoms with Crippen LogP contribution in [0, 0.1) is 0 Å². The normalized spacial score (nSPS) is 14.1. The van der Waals surface area contributed by atoms with E-state index in [2.05, 4.69) is 155 Å². The average Bonchev–Trinajstić information content (AvgIpc) is 2.68. The molecular formula is C37H59P2+. The molecule has 2 aromatic rings. The summed E-state index contributed by atoms with van der Waals surface area (Å²) in [5, 5.41) is 1.52. The van der Waals surface area contributed by atoms with Crippen molar-refractivity contribution in [3.05, 3.63) is 63.2 Å². The third-order valence-electron chi connectivity index (χ3n) is 7.60. The molecule has 0 aliphatic rings. The van der Waals surface area contributed by atoms with Gasteiger partial charge < -0.3 is 0 Å². The fourth-order valence-corrected chi connectivity index (χ4v) is 8.02. The van der Waals surface area contributed by atoms with E-state index >= 15 is 0 Å². The molecule has 216 valence electrons. The van der Waals surface area contributed by atoms with E-state index in [-0.39, 0.29) is 32.5 Å². The van der Waals surface area contributed by atoms with E-state index in [0.29, 0.717) is 0 Å². The zero-order valence-electron chi connectivity index (χ0n) is 28.8. The van der Waals surface area contributed by atoms with E-state index in [1.165, 1.54) is 59.6 Å². The maximum absolute atomic E-state index is 2.53. The second-order valence-electron chi connectivity index (χ2n) is 17.7. The van der Waals surface area contributed by atoms with Crippen LogP contribution in [0.5, 0.6) is 0 Å². The Morgan fingerprint density at radius 1 is 0.436 bits per heavy atom. The van der Waals surface area contributed by atoms with Crippen molar-refractivity contribution in [1.29, 1.82) is 0 Å². The van der Waals surface area contributed by atoms with Gasteiger partial charge in [-0.05, 0) is 0 Å². The van der Waals surface area contributed by atoms with Crippen LogP contribution in [-0.2, 0) is 32.5 Å². The molecule has 0 radical (unpaired) electrons. The molecule has 0 atom stereocenters. The molecule has 0 aliphatic heterocycles. The van der Waals surface area contributed by atoms with Crippen LogP contribution in [0.2, 0.25) is 0 Å². The molecule has 0 nitrogen and oxygen atoms in total. The molecule has 0 bridgehead atoms. The van der Waals surface area contributed by atoms with Crippen LogP contribution in [-0.4, -0.2) is 5.80 Å². The second kappa shape index (κ2) is 11.0. The van der Waals surface area contributed by atoms with Crippen LogP contribution in [0.15, 0.2) is 24.3 Å². The van der Waals surface area contributed by atoms with E-state index in [9.17, 15) is 0 Å². The molecule has 39 heavy (non-hydrogen) atoms. The van der Waals surface area contributed by atoms with Gasteiger partial charge in [-0.1, -0.05) is 0 Å². The van der Waals surface area contributed by atoms with Gasteiger partial charge in [0.05, 0.1) is 0 Å². The predicted octanol–water partition coefficient (Wildman–Crippen LogP) is 11.8. The van der Waals surface area contributed by atoms with Crippen LogP contribution < -0.4 is 5.30 Å². The Balaban J connectivity index is 3.02. The molecule has 0 saturated heterocycles. The number of benzene rings is 2. The van der Waals surface area contributed by atoms with E-state index in [1.807, 2.05) is 0 Å². The molecule has 0 spiro atoms. The molecular weight excluding hydrogens is 506 g/mol. The van der Waals surface area contributed by atoms with Crippen molar-refractivity contribution in [3.8, 4) is 0 Å². The molecule has 0 amide bonds. The topological polar surface area (TPSA) is 0 Å². The summed E-state index contributed by atoms with van der Waals surface area (Å²) in [7, 11) is 2.69. The minimum absolute atomic E-state index is 0.0704. The number of hydrogen-bond donors (Lipinski definition) is 0. The Hall–Kier alpha value is -0.960. The van der Waals surface area contributed by atoms with Crippen molar-refractivity contribution < 1.29 is 0 Å². The van der Waals surface area contributed by atoms with E-state index in [1.54, 1.807) is 0 Å². The number of rotatable bonds is 2. The summed E-state index contributed by atoms with van der Waals surface area (Å²) in [5.41, 5.74) is 10.8. The van der Waals surface area contributed by atoms with Gasteiger partial charge in [0.1, 0.15) is 0 Å². The Morgan fingerprint density at radius 3 is 0.974 bits per heavy atom. The molecule has 2 aromatic carbocycles. The first-order valence-corrected chi connectivity index (χ1v) is 17.3. The molecule has 0 saturated carbocycles. The minimum atomic E-state index is 0.0704. The van der Waals surface area contributed by atoms with Crippen molar-refractivity contribution in [2.75, 3.05) is 0 Å². The van der Waals surface area contributed by atoms with Crippen molar-refractivity contribution in [3.63, 3.8) is 0 Å². The fourth-order valence-electron chi connectivity index (χ4n) is 4.93. The summed E-state index contributed by atoms with van der Waals surface area (Å²) in [6.07, 6.45) is 0.